The highest BCUT2D eigenvalue weighted by Crippen LogP contribution is 2.24. The van der Waals surface area contributed by atoms with Crippen molar-refractivity contribution in [3.05, 3.63) is 28.8 Å². The van der Waals surface area contributed by atoms with Crippen molar-refractivity contribution < 1.29 is 14.6 Å². The molecule has 0 radical (unpaired) electrons. The number of ether oxygens (including phenoxy) is 1. The molecule has 1 aromatic rings. The Balaban J connectivity index is 2.45. The maximum atomic E-state index is 11.7. The fourth-order valence-corrected chi connectivity index (χ4v) is 2.19. The molecule has 0 bridgehead atoms. The van der Waals surface area contributed by atoms with Gasteiger partial charge >= 0.3 is 0 Å². The lowest BCUT2D eigenvalue weighted by Crippen LogP contribution is -2.32. The van der Waals surface area contributed by atoms with Crippen LogP contribution in [-0.4, -0.2) is 30.8 Å². The summed E-state index contributed by atoms with van der Waals surface area (Å²) >= 11 is 0. The minimum atomic E-state index is -0.130. The van der Waals surface area contributed by atoms with Gasteiger partial charge in [-0.1, -0.05) is 24.6 Å². The largest absolute Gasteiger partial charge is 0.483 e. The third-order valence-electron chi connectivity index (χ3n) is 3.22. The summed E-state index contributed by atoms with van der Waals surface area (Å²) < 4.78 is 5.62. The van der Waals surface area contributed by atoms with Crippen LogP contribution in [-0.2, 0) is 4.79 Å². The van der Waals surface area contributed by atoms with Gasteiger partial charge in [-0.05, 0) is 44.2 Å². The van der Waals surface area contributed by atoms with Crippen molar-refractivity contribution in [2.75, 3.05) is 19.8 Å². The molecule has 1 amide bonds. The Kier molecular flexibility index (Phi) is 6.52. The highest BCUT2D eigenvalue weighted by molar-refractivity contribution is 5.77. The van der Waals surface area contributed by atoms with Crippen molar-refractivity contribution in [2.45, 2.75) is 34.1 Å². The monoisotopic (exact) mass is 279 g/mol. The molecule has 1 atom stereocenters. The molecule has 0 aliphatic carbocycles. The third kappa shape index (κ3) is 5.21. The van der Waals surface area contributed by atoms with E-state index in [0.717, 1.165) is 16.9 Å². The van der Waals surface area contributed by atoms with Crippen LogP contribution in [0.3, 0.4) is 0 Å². The van der Waals surface area contributed by atoms with Crippen molar-refractivity contribution >= 4 is 5.91 Å². The average molecular weight is 279 g/mol. The van der Waals surface area contributed by atoms with Crippen molar-refractivity contribution in [2.24, 2.45) is 5.92 Å². The van der Waals surface area contributed by atoms with E-state index in [0.29, 0.717) is 13.0 Å². The predicted octanol–water partition coefficient (Wildman–Crippen LogP) is 2.13. The lowest BCUT2D eigenvalue weighted by Gasteiger charge is -2.14. The fourth-order valence-electron chi connectivity index (χ4n) is 2.19. The molecule has 0 heterocycles. The number of aliphatic hydroxyl groups excluding tert-OH is 1. The van der Waals surface area contributed by atoms with Gasteiger partial charge in [0.2, 0.25) is 0 Å². The summed E-state index contributed by atoms with van der Waals surface area (Å²) in [5, 5.41) is 11.6. The van der Waals surface area contributed by atoms with Crippen molar-refractivity contribution in [3.63, 3.8) is 0 Å². The van der Waals surface area contributed by atoms with Crippen molar-refractivity contribution in [3.8, 4) is 5.75 Å². The zero-order chi connectivity index (χ0) is 15.1. The molecule has 20 heavy (non-hydrogen) atoms. The number of carbonyl (C=O) groups excluding carboxylic acids is 1. The Morgan fingerprint density at radius 1 is 1.30 bits per heavy atom. The fraction of sp³-hybridized carbons (Fsp3) is 0.562. The quantitative estimate of drug-likeness (QED) is 0.804. The Morgan fingerprint density at radius 2 is 1.90 bits per heavy atom. The van der Waals surface area contributed by atoms with E-state index in [1.807, 2.05) is 39.8 Å². The van der Waals surface area contributed by atoms with E-state index in [9.17, 15) is 4.79 Å². The van der Waals surface area contributed by atoms with Gasteiger partial charge in [-0.25, -0.2) is 0 Å². The second kappa shape index (κ2) is 7.90. The normalized spacial score (nSPS) is 12.1. The van der Waals surface area contributed by atoms with Gasteiger partial charge in [0, 0.05) is 13.2 Å². The third-order valence-corrected chi connectivity index (χ3v) is 3.22. The maximum Gasteiger partial charge on any atom is 0.257 e. The molecule has 0 aliphatic heterocycles. The Labute approximate surface area is 121 Å². The van der Waals surface area contributed by atoms with Gasteiger partial charge < -0.3 is 15.2 Å². The first-order chi connectivity index (χ1) is 9.43. The molecule has 0 aromatic heterocycles. The first-order valence-electron chi connectivity index (χ1n) is 7.02. The first kappa shape index (κ1) is 16.5. The molecule has 4 nitrogen and oxygen atoms in total. The topological polar surface area (TPSA) is 58.6 Å². The summed E-state index contributed by atoms with van der Waals surface area (Å²) in [5.74, 6) is 0.926. The number of benzene rings is 1. The van der Waals surface area contributed by atoms with Crippen LogP contribution in [0.5, 0.6) is 5.75 Å². The van der Waals surface area contributed by atoms with E-state index in [4.69, 9.17) is 9.84 Å². The van der Waals surface area contributed by atoms with Gasteiger partial charge in [0.1, 0.15) is 5.75 Å². The summed E-state index contributed by atoms with van der Waals surface area (Å²) in [6.07, 6.45) is 0.692. The van der Waals surface area contributed by atoms with E-state index in [-0.39, 0.29) is 25.0 Å². The first-order valence-corrected chi connectivity index (χ1v) is 7.02. The average Bonchev–Trinajstić information content (AvgIpc) is 2.35. The number of aliphatic hydroxyl groups is 1. The number of hydrogen-bond donors (Lipinski definition) is 2. The minimum Gasteiger partial charge on any atom is -0.483 e. The number of rotatable bonds is 7. The van der Waals surface area contributed by atoms with Crippen molar-refractivity contribution in [1.29, 1.82) is 0 Å². The van der Waals surface area contributed by atoms with E-state index in [1.165, 1.54) is 5.56 Å². The summed E-state index contributed by atoms with van der Waals surface area (Å²) in [7, 11) is 0. The lowest BCUT2D eigenvalue weighted by atomic mass is 10.1. The Bertz CT molecular complexity index is 434. The maximum absolute atomic E-state index is 11.7. The Morgan fingerprint density at radius 3 is 2.45 bits per heavy atom. The number of carbonyl (C=O) groups is 1. The van der Waals surface area contributed by atoms with E-state index < -0.39 is 0 Å². The second-order valence-electron chi connectivity index (χ2n) is 5.44. The van der Waals surface area contributed by atoms with Gasteiger partial charge in [0.05, 0.1) is 0 Å². The van der Waals surface area contributed by atoms with Gasteiger partial charge in [0.15, 0.2) is 6.61 Å². The number of amides is 1. The van der Waals surface area contributed by atoms with E-state index in [1.54, 1.807) is 0 Å². The molecule has 1 aromatic carbocycles. The second-order valence-corrected chi connectivity index (χ2v) is 5.44. The molecule has 1 rings (SSSR count). The standard InChI is InChI=1S/C16H25NO3/c1-11(5-6-18)9-17-15(19)10-20-16-13(3)7-12(2)8-14(16)4/h7-8,11,18H,5-6,9-10H2,1-4H3,(H,17,19). The summed E-state index contributed by atoms with van der Waals surface area (Å²) in [6, 6.07) is 4.09. The molecule has 0 aliphatic rings. The van der Waals surface area contributed by atoms with Crippen LogP contribution in [0.15, 0.2) is 12.1 Å². The number of aryl methyl sites for hydroxylation is 3. The van der Waals surface area contributed by atoms with Crippen molar-refractivity contribution in [1.82, 2.24) is 5.32 Å². The molecule has 0 fully saturated rings. The van der Waals surface area contributed by atoms with Gasteiger partial charge in [-0.15, -0.1) is 0 Å². The molecule has 0 saturated carbocycles. The smallest absolute Gasteiger partial charge is 0.257 e. The minimum absolute atomic E-state index is 0.0244. The lowest BCUT2D eigenvalue weighted by molar-refractivity contribution is -0.123. The molecule has 2 N–H and O–H groups in total. The Hall–Kier alpha value is -1.55. The molecule has 4 heteroatoms. The van der Waals surface area contributed by atoms with E-state index >= 15 is 0 Å². The predicted molar refractivity (Wildman–Crippen MR) is 80.0 cm³/mol. The summed E-state index contributed by atoms with van der Waals surface area (Å²) in [4.78, 5) is 11.7. The van der Waals surface area contributed by atoms with Crippen LogP contribution in [0.4, 0.5) is 0 Å². The SMILES string of the molecule is Cc1cc(C)c(OCC(=O)NCC(C)CCO)c(C)c1. The van der Waals surface area contributed by atoms with E-state index in [2.05, 4.69) is 5.32 Å². The van der Waals surface area contributed by atoms with Crippen LogP contribution in [0.1, 0.15) is 30.0 Å². The van der Waals surface area contributed by atoms with Crippen LogP contribution >= 0.6 is 0 Å². The summed E-state index contributed by atoms with van der Waals surface area (Å²) in [6.45, 7) is 8.73. The highest BCUT2D eigenvalue weighted by atomic mass is 16.5. The zero-order valence-corrected chi connectivity index (χ0v) is 12.8. The van der Waals surface area contributed by atoms with Crippen LogP contribution < -0.4 is 10.1 Å². The van der Waals surface area contributed by atoms with Gasteiger partial charge in [-0.2, -0.15) is 0 Å². The number of hydrogen-bond acceptors (Lipinski definition) is 3. The highest BCUT2D eigenvalue weighted by Gasteiger charge is 2.09. The van der Waals surface area contributed by atoms with Crippen LogP contribution in [0.25, 0.3) is 0 Å². The van der Waals surface area contributed by atoms with Gasteiger partial charge in [0.25, 0.3) is 5.91 Å². The molecule has 0 spiro atoms. The molecular formula is C16H25NO3. The molecular weight excluding hydrogens is 254 g/mol. The van der Waals surface area contributed by atoms with Crippen LogP contribution in [0, 0.1) is 26.7 Å². The summed E-state index contributed by atoms with van der Waals surface area (Å²) in [5.41, 5.74) is 3.28. The van der Waals surface area contributed by atoms with Crippen LogP contribution in [0.2, 0.25) is 0 Å². The number of nitrogens with one attached hydrogen (secondary N) is 1. The molecule has 0 saturated heterocycles. The molecule has 1 unspecified atom stereocenters. The van der Waals surface area contributed by atoms with Gasteiger partial charge in [-0.3, -0.25) is 4.79 Å². The molecule has 112 valence electrons. The zero-order valence-electron chi connectivity index (χ0n) is 12.8.